The first-order valence-electron chi connectivity index (χ1n) is 5.99. The van der Waals surface area contributed by atoms with E-state index >= 15 is 0 Å². The van der Waals surface area contributed by atoms with Gasteiger partial charge in [0.2, 0.25) is 5.91 Å². The minimum atomic E-state index is -0.128. The topological polar surface area (TPSA) is 58.4 Å². The molecule has 2 rings (SSSR count). The lowest BCUT2D eigenvalue weighted by Gasteiger charge is -2.37. The molecule has 2 aliphatic rings. The zero-order chi connectivity index (χ0) is 11.5. The van der Waals surface area contributed by atoms with Gasteiger partial charge in [0, 0.05) is 30.9 Å². The summed E-state index contributed by atoms with van der Waals surface area (Å²) in [5.41, 5.74) is 5.41. The van der Waals surface area contributed by atoms with Crippen molar-refractivity contribution in [2.45, 2.75) is 24.1 Å². The smallest absolute Gasteiger partial charge is 0.221 e. The van der Waals surface area contributed by atoms with Gasteiger partial charge < -0.3 is 11.1 Å². The number of amides is 1. The third-order valence-corrected chi connectivity index (χ3v) is 4.84. The molecule has 2 fully saturated rings. The average molecular weight is 243 g/mol. The van der Waals surface area contributed by atoms with Crippen LogP contribution in [-0.2, 0) is 4.79 Å². The van der Waals surface area contributed by atoms with E-state index in [1.54, 1.807) is 0 Å². The van der Waals surface area contributed by atoms with Crippen molar-refractivity contribution in [3.8, 4) is 0 Å². The van der Waals surface area contributed by atoms with E-state index in [9.17, 15) is 4.79 Å². The summed E-state index contributed by atoms with van der Waals surface area (Å²) in [4.78, 5) is 13.7. The number of hydrogen-bond acceptors (Lipinski definition) is 4. The van der Waals surface area contributed by atoms with Gasteiger partial charge in [-0.1, -0.05) is 0 Å². The standard InChI is InChI=1S/C11H21N3OS/c1-16-10-6-13-5-9(10)14-4-2-3-8(7-14)11(12)15/h8-10,13H,2-7H2,1H3,(H2,12,15). The molecule has 0 aliphatic carbocycles. The van der Waals surface area contributed by atoms with Crippen molar-refractivity contribution < 1.29 is 4.79 Å². The van der Waals surface area contributed by atoms with Crippen molar-refractivity contribution in [2.24, 2.45) is 11.7 Å². The van der Waals surface area contributed by atoms with Crippen molar-refractivity contribution >= 4 is 17.7 Å². The zero-order valence-electron chi connectivity index (χ0n) is 9.82. The molecule has 2 heterocycles. The Morgan fingerprint density at radius 3 is 3.00 bits per heavy atom. The zero-order valence-corrected chi connectivity index (χ0v) is 10.6. The Labute approximate surface area is 101 Å². The normalized spacial score (nSPS) is 36.4. The predicted molar refractivity (Wildman–Crippen MR) is 67.5 cm³/mol. The Bertz CT molecular complexity index is 262. The minimum Gasteiger partial charge on any atom is -0.369 e. The molecule has 0 spiro atoms. The van der Waals surface area contributed by atoms with Crippen molar-refractivity contribution in [3.63, 3.8) is 0 Å². The van der Waals surface area contributed by atoms with Crippen LogP contribution in [0.3, 0.4) is 0 Å². The molecule has 0 aromatic carbocycles. The molecule has 92 valence electrons. The van der Waals surface area contributed by atoms with Gasteiger partial charge in [-0.3, -0.25) is 9.69 Å². The highest BCUT2D eigenvalue weighted by Crippen LogP contribution is 2.25. The third kappa shape index (κ3) is 2.52. The number of primary amides is 1. The summed E-state index contributed by atoms with van der Waals surface area (Å²) in [6.45, 7) is 4.12. The number of carbonyl (C=O) groups excluding carboxylic acids is 1. The number of nitrogens with one attached hydrogen (secondary N) is 1. The molecule has 0 saturated carbocycles. The molecule has 16 heavy (non-hydrogen) atoms. The first-order valence-corrected chi connectivity index (χ1v) is 7.28. The third-order valence-electron chi connectivity index (χ3n) is 3.76. The number of nitrogens with two attached hydrogens (primary N) is 1. The van der Waals surface area contributed by atoms with Crippen LogP contribution in [0.15, 0.2) is 0 Å². The molecule has 3 N–H and O–H groups in total. The molecule has 0 aromatic heterocycles. The highest BCUT2D eigenvalue weighted by atomic mass is 32.2. The van der Waals surface area contributed by atoms with Crippen LogP contribution in [0, 0.1) is 5.92 Å². The maximum atomic E-state index is 11.2. The second kappa shape index (κ2) is 5.38. The van der Waals surface area contributed by atoms with Crippen molar-refractivity contribution in [1.29, 1.82) is 0 Å². The first-order chi connectivity index (χ1) is 7.72. The number of piperidine rings is 1. The van der Waals surface area contributed by atoms with E-state index in [1.165, 1.54) is 0 Å². The van der Waals surface area contributed by atoms with Crippen LogP contribution in [0.25, 0.3) is 0 Å². The van der Waals surface area contributed by atoms with Crippen LogP contribution in [-0.4, -0.2) is 54.5 Å². The summed E-state index contributed by atoms with van der Waals surface area (Å²) < 4.78 is 0. The molecule has 2 saturated heterocycles. The lowest BCUT2D eigenvalue weighted by Crippen LogP contribution is -2.49. The second-order valence-electron chi connectivity index (χ2n) is 4.74. The number of hydrogen-bond donors (Lipinski definition) is 2. The Balaban J connectivity index is 1.95. The molecule has 4 nitrogen and oxygen atoms in total. The first kappa shape index (κ1) is 12.2. The lowest BCUT2D eigenvalue weighted by molar-refractivity contribution is -0.123. The summed E-state index contributed by atoms with van der Waals surface area (Å²) in [6.07, 6.45) is 4.24. The van der Waals surface area contributed by atoms with Crippen LogP contribution in [0.4, 0.5) is 0 Å². The molecule has 5 heteroatoms. The van der Waals surface area contributed by atoms with Gasteiger partial charge in [0.15, 0.2) is 0 Å². The second-order valence-corrected chi connectivity index (χ2v) is 5.81. The Kier molecular flexibility index (Phi) is 4.10. The largest absolute Gasteiger partial charge is 0.369 e. The van der Waals surface area contributed by atoms with E-state index in [0.29, 0.717) is 11.3 Å². The molecule has 0 bridgehead atoms. The highest BCUT2D eigenvalue weighted by molar-refractivity contribution is 7.99. The van der Waals surface area contributed by atoms with Gasteiger partial charge >= 0.3 is 0 Å². The highest BCUT2D eigenvalue weighted by Gasteiger charge is 2.35. The number of rotatable bonds is 3. The van der Waals surface area contributed by atoms with Gasteiger partial charge in [-0.15, -0.1) is 0 Å². The van der Waals surface area contributed by atoms with Crippen LogP contribution in [0.2, 0.25) is 0 Å². The van der Waals surface area contributed by atoms with E-state index in [0.717, 1.165) is 39.0 Å². The van der Waals surface area contributed by atoms with Gasteiger partial charge in [-0.2, -0.15) is 11.8 Å². The number of nitrogens with zero attached hydrogens (tertiary/aromatic N) is 1. The Hall–Kier alpha value is -0.260. The minimum absolute atomic E-state index is 0.0665. The Morgan fingerprint density at radius 2 is 2.31 bits per heavy atom. The number of thioether (sulfide) groups is 1. The van der Waals surface area contributed by atoms with Crippen LogP contribution >= 0.6 is 11.8 Å². The quantitative estimate of drug-likeness (QED) is 0.726. The van der Waals surface area contributed by atoms with Crippen LogP contribution < -0.4 is 11.1 Å². The molecule has 3 atom stereocenters. The molecule has 0 radical (unpaired) electrons. The number of likely N-dealkylation sites (tertiary alicyclic amines) is 1. The van der Waals surface area contributed by atoms with Crippen LogP contribution in [0.5, 0.6) is 0 Å². The summed E-state index contributed by atoms with van der Waals surface area (Å²) in [5.74, 6) is -0.0618. The van der Waals surface area contributed by atoms with E-state index in [4.69, 9.17) is 5.73 Å². The molecular formula is C11H21N3OS. The summed E-state index contributed by atoms with van der Waals surface area (Å²) in [6, 6.07) is 0.581. The molecule has 1 amide bonds. The van der Waals surface area contributed by atoms with Crippen molar-refractivity contribution in [3.05, 3.63) is 0 Å². The van der Waals surface area contributed by atoms with Crippen molar-refractivity contribution in [1.82, 2.24) is 10.2 Å². The van der Waals surface area contributed by atoms with E-state index in [-0.39, 0.29) is 11.8 Å². The van der Waals surface area contributed by atoms with Crippen LogP contribution in [0.1, 0.15) is 12.8 Å². The summed E-state index contributed by atoms with van der Waals surface area (Å²) in [5, 5.41) is 4.09. The van der Waals surface area contributed by atoms with Crippen molar-refractivity contribution in [2.75, 3.05) is 32.4 Å². The fourth-order valence-electron chi connectivity index (χ4n) is 2.79. The lowest BCUT2D eigenvalue weighted by atomic mass is 9.96. The van der Waals surface area contributed by atoms with Gasteiger partial charge in [0.25, 0.3) is 0 Å². The fraction of sp³-hybridized carbons (Fsp3) is 0.909. The Morgan fingerprint density at radius 1 is 1.50 bits per heavy atom. The molecular weight excluding hydrogens is 222 g/mol. The maximum absolute atomic E-state index is 11.2. The molecule has 3 unspecified atom stereocenters. The maximum Gasteiger partial charge on any atom is 0.221 e. The predicted octanol–water partition coefficient (Wildman–Crippen LogP) is -0.113. The summed E-state index contributed by atoms with van der Waals surface area (Å²) >= 11 is 1.92. The molecule has 2 aliphatic heterocycles. The SMILES string of the molecule is CSC1CNCC1N1CCCC(C(N)=O)C1. The number of carbonyl (C=O) groups is 1. The van der Waals surface area contributed by atoms with Gasteiger partial charge in [0.05, 0.1) is 5.92 Å². The van der Waals surface area contributed by atoms with E-state index in [1.807, 2.05) is 11.8 Å². The average Bonchev–Trinajstić information content (AvgIpc) is 2.77. The van der Waals surface area contributed by atoms with Gasteiger partial charge in [-0.25, -0.2) is 0 Å². The van der Waals surface area contributed by atoms with Gasteiger partial charge in [0.1, 0.15) is 0 Å². The fourth-order valence-corrected chi connectivity index (χ4v) is 3.65. The monoisotopic (exact) mass is 243 g/mol. The van der Waals surface area contributed by atoms with E-state index in [2.05, 4.69) is 16.5 Å². The molecule has 0 aromatic rings. The van der Waals surface area contributed by atoms with E-state index < -0.39 is 0 Å². The van der Waals surface area contributed by atoms with Gasteiger partial charge in [-0.05, 0) is 25.6 Å². The summed E-state index contributed by atoms with van der Waals surface area (Å²) in [7, 11) is 0.